The fourth-order valence-corrected chi connectivity index (χ4v) is 1.53. The van der Waals surface area contributed by atoms with Crippen molar-refractivity contribution >= 4 is 29.9 Å². The van der Waals surface area contributed by atoms with Crippen LogP contribution in [0.1, 0.15) is 12.5 Å². The van der Waals surface area contributed by atoms with E-state index in [1.54, 1.807) is 0 Å². The largest absolute Gasteiger partial charge is 0.356 e. The summed E-state index contributed by atoms with van der Waals surface area (Å²) in [6.45, 7) is 3.90. The van der Waals surface area contributed by atoms with Crippen LogP contribution in [-0.4, -0.2) is 30.1 Å². The Labute approximate surface area is 113 Å². The lowest BCUT2D eigenvalue weighted by molar-refractivity contribution is 0.712. The van der Waals surface area contributed by atoms with Crippen molar-refractivity contribution in [1.82, 2.24) is 15.6 Å². The maximum Gasteiger partial charge on any atom is 0.191 e. The number of nitrogens with one attached hydrogen (secondary N) is 2. The van der Waals surface area contributed by atoms with Crippen molar-refractivity contribution in [3.8, 4) is 0 Å². The van der Waals surface area contributed by atoms with Crippen molar-refractivity contribution in [2.75, 3.05) is 13.1 Å². The number of aromatic nitrogens is 1. The van der Waals surface area contributed by atoms with Crippen molar-refractivity contribution in [2.24, 2.45) is 4.99 Å². The fraction of sp³-hybridized carbons (Fsp3) is 0.455. The van der Waals surface area contributed by atoms with Gasteiger partial charge in [0, 0.05) is 25.0 Å². The third-order valence-electron chi connectivity index (χ3n) is 2.36. The predicted octanol–water partition coefficient (Wildman–Crippen LogP) is 1.18. The van der Waals surface area contributed by atoms with Crippen LogP contribution in [0.15, 0.2) is 29.5 Å². The van der Waals surface area contributed by atoms with Crippen molar-refractivity contribution in [2.45, 2.75) is 19.4 Å². The highest BCUT2D eigenvalue weighted by Crippen LogP contribution is 1.97. The van der Waals surface area contributed by atoms with E-state index in [1.807, 2.05) is 24.5 Å². The second-order valence-electron chi connectivity index (χ2n) is 3.77. The highest BCUT2D eigenvalue weighted by Gasteiger charge is 2.10. The van der Waals surface area contributed by atoms with Gasteiger partial charge in [-0.25, -0.2) is 0 Å². The van der Waals surface area contributed by atoms with Gasteiger partial charge >= 0.3 is 0 Å². The number of nitrogens with zero attached hydrogens (tertiary/aromatic N) is 2. The van der Waals surface area contributed by atoms with Gasteiger partial charge in [-0.2, -0.15) is 0 Å². The quantitative estimate of drug-likeness (QED) is 0.818. The van der Waals surface area contributed by atoms with E-state index in [1.165, 1.54) is 5.56 Å². The monoisotopic (exact) mass is 332 g/mol. The number of aliphatic imine (C=N–C) groups is 1. The van der Waals surface area contributed by atoms with E-state index in [0.29, 0.717) is 6.04 Å². The first kappa shape index (κ1) is 13.2. The lowest BCUT2D eigenvalue weighted by Gasteiger charge is -2.08. The lowest BCUT2D eigenvalue weighted by atomic mass is 10.2. The van der Waals surface area contributed by atoms with Crippen LogP contribution < -0.4 is 10.6 Å². The zero-order valence-corrected chi connectivity index (χ0v) is 11.6. The van der Waals surface area contributed by atoms with Crippen molar-refractivity contribution in [3.63, 3.8) is 0 Å². The molecule has 0 fully saturated rings. The van der Waals surface area contributed by atoms with Crippen molar-refractivity contribution in [1.29, 1.82) is 0 Å². The second kappa shape index (κ2) is 6.67. The summed E-state index contributed by atoms with van der Waals surface area (Å²) >= 11 is 0. The smallest absolute Gasteiger partial charge is 0.191 e. The van der Waals surface area contributed by atoms with E-state index in [0.717, 1.165) is 25.5 Å². The van der Waals surface area contributed by atoms with E-state index in [9.17, 15) is 0 Å². The first-order valence-electron chi connectivity index (χ1n) is 5.28. The van der Waals surface area contributed by atoms with E-state index in [4.69, 9.17) is 0 Å². The molecule has 1 unspecified atom stereocenters. The summed E-state index contributed by atoms with van der Waals surface area (Å²) in [4.78, 5) is 8.31. The van der Waals surface area contributed by atoms with Crippen LogP contribution >= 0.6 is 24.0 Å². The van der Waals surface area contributed by atoms with Gasteiger partial charge in [-0.3, -0.25) is 9.98 Å². The molecule has 0 bridgehead atoms. The van der Waals surface area contributed by atoms with Gasteiger partial charge in [0.1, 0.15) is 0 Å². The van der Waals surface area contributed by atoms with Gasteiger partial charge in [-0.1, -0.05) is 0 Å². The van der Waals surface area contributed by atoms with Crippen LogP contribution in [0.3, 0.4) is 0 Å². The summed E-state index contributed by atoms with van der Waals surface area (Å²) in [6.07, 6.45) is 4.64. The molecule has 0 saturated heterocycles. The predicted molar refractivity (Wildman–Crippen MR) is 76.3 cm³/mol. The topological polar surface area (TPSA) is 49.3 Å². The Morgan fingerprint density at radius 2 is 2.19 bits per heavy atom. The lowest BCUT2D eigenvalue weighted by Crippen LogP contribution is -2.38. The Morgan fingerprint density at radius 1 is 1.44 bits per heavy atom. The molecule has 1 aromatic rings. The third kappa shape index (κ3) is 3.96. The minimum Gasteiger partial charge on any atom is -0.356 e. The first-order valence-corrected chi connectivity index (χ1v) is 5.28. The molecule has 5 heteroatoms. The summed E-state index contributed by atoms with van der Waals surface area (Å²) in [5.41, 5.74) is 1.30. The molecule has 1 aliphatic rings. The zero-order chi connectivity index (χ0) is 10.5. The minimum atomic E-state index is 0. The molecule has 2 heterocycles. The number of rotatable bonds is 3. The highest BCUT2D eigenvalue weighted by molar-refractivity contribution is 14.0. The first-order chi connectivity index (χ1) is 7.34. The van der Waals surface area contributed by atoms with Crippen LogP contribution in [0.2, 0.25) is 0 Å². The van der Waals surface area contributed by atoms with Crippen LogP contribution in [0.5, 0.6) is 0 Å². The zero-order valence-electron chi connectivity index (χ0n) is 9.31. The Balaban J connectivity index is 0.00000128. The number of hydrogen-bond donors (Lipinski definition) is 2. The molecule has 1 aliphatic heterocycles. The minimum absolute atomic E-state index is 0. The maximum absolute atomic E-state index is 4.33. The average Bonchev–Trinajstić information content (AvgIpc) is 2.66. The Morgan fingerprint density at radius 3 is 2.81 bits per heavy atom. The van der Waals surface area contributed by atoms with Gasteiger partial charge in [-0.05, 0) is 31.0 Å². The molecule has 0 spiro atoms. The third-order valence-corrected chi connectivity index (χ3v) is 2.36. The standard InChI is InChI=1S/C11H16N4.HI/c1-9-8-14-11(15-9)13-7-4-10-2-5-12-6-3-10;/h2-3,5-6,9H,4,7-8H2,1H3,(H2,13,14,15);1H. The van der Waals surface area contributed by atoms with Gasteiger partial charge in [-0.15, -0.1) is 24.0 Å². The summed E-state index contributed by atoms with van der Waals surface area (Å²) in [7, 11) is 0. The summed E-state index contributed by atoms with van der Waals surface area (Å²) in [6, 6.07) is 4.54. The van der Waals surface area contributed by atoms with E-state index < -0.39 is 0 Å². The van der Waals surface area contributed by atoms with Crippen LogP contribution in [-0.2, 0) is 6.42 Å². The summed E-state index contributed by atoms with van der Waals surface area (Å²) in [5, 5.41) is 6.55. The number of guanidine groups is 1. The molecule has 1 aromatic heterocycles. The second-order valence-corrected chi connectivity index (χ2v) is 3.77. The van der Waals surface area contributed by atoms with Crippen LogP contribution in [0, 0.1) is 0 Å². The molecule has 2 N–H and O–H groups in total. The van der Waals surface area contributed by atoms with E-state index in [2.05, 4.69) is 27.5 Å². The number of pyridine rings is 1. The maximum atomic E-state index is 4.33. The molecule has 4 nitrogen and oxygen atoms in total. The fourth-order valence-electron chi connectivity index (χ4n) is 1.53. The normalized spacial score (nSPS) is 18.3. The molecule has 1 atom stereocenters. The SMILES string of the molecule is CC1CN=C(NCCc2ccncc2)N1.I. The van der Waals surface area contributed by atoms with Crippen LogP contribution in [0.4, 0.5) is 0 Å². The molecular weight excluding hydrogens is 315 g/mol. The molecular formula is C11H17IN4. The average molecular weight is 332 g/mol. The summed E-state index contributed by atoms with van der Waals surface area (Å²) in [5.74, 6) is 0.927. The Bertz CT molecular complexity index is 339. The van der Waals surface area contributed by atoms with Crippen molar-refractivity contribution < 1.29 is 0 Å². The van der Waals surface area contributed by atoms with E-state index in [-0.39, 0.29) is 24.0 Å². The molecule has 88 valence electrons. The molecule has 0 radical (unpaired) electrons. The van der Waals surface area contributed by atoms with Gasteiger partial charge < -0.3 is 10.6 Å². The summed E-state index contributed by atoms with van der Waals surface area (Å²) < 4.78 is 0. The molecule has 0 aliphatic carbocycles. The van der Waals surface area contributed by atoms with Gasteiger partial charge in [0.05, 0.1) is 6.54 Å². The Hall–Kier alpha value is -0.850. The Kier molecular flexibility index (Phi) is 5.51. The van der Waals surface area contributed by atoms with Crippen LogP contribution in [0.25, 0.3) is 0 Å². The van der Waals surface area contributed by atoms with Crippen molar-refractivity contribution in [3.05, 3.63) is 30.1 Å². The number of hydrogen-bond acceptors (Lipinski definition) is 4. The van der Waals surface area contributed by atoms with Gasteiger partial charge in [0.2, 0.25) is 0 Å². The molecule has 0 amide bonds. The molecule has 2 rings (SSSR count). The number of halogens is 1. The molecule has 16 heavy (non-hydrogen) atoms. The van der Waals surface area contributed by atoms with Gasteiger partial charge in [0.25, 0.3) is 0 Å². The van der Waals surface area contributed by atoms with E-state index >= 15 is 0 Å². The highest BCUT2D eigenvalue weighted by atomic mass is 127. The molecule has 0 aromatic carbocycles. The molecule has 0 saturated carbocycles. The van der Waals surface area contributed by atoms with Gasteiger partial charge in [0.15, 0.2) is 5.96 Å².